The second-order valence-corrected chi connectivity index (χ2v) is 9.47. The SMILES string of the molecule is CCN1CCc2ccc(NC(=O)[C@@H]3CCCN3C3=NS(=O)(=O)c4ccccc43)cc21. The van der Waals surface area contributed by atoms with Gasteiger partial charge in [-0.1, -0.05) is 18.2 Å². The van der Waals surface area contributed by atoms with Crippen molar-refractivity contribution >= 4 is 33.1 Å². The van der Waals surface area contributed by atoms with Crippen molar-refractivity contribution in [3.8, 4) is 0 Å². The zero-order valence-corrected chi connectivity index (χ0v) is 17.7. The summed E-state index contributed by atoms with van der Waals surface area (Å²) < 4.78 is 28.9. The molecule has 0 aliphatic carbocycles. The van der Waals surface area contributed by atoms with Crippen LogP contribution in [0.5, 0.6) is 0 Å². The van der Waals surface area contributed by atoms with Crippen molar-refractivity contribution in [1.82, 2.24) is 4.90 Å². The van der Waals surface area contributed by atoms with Gasteiger partial charge in [0.15, 0.2) is 5.84 Å². The van der Waals surface area contributed by atoms with E-state index in [0.29, 0.717) is 24.4 Å². The highest BCUT2D eigenvalue weighted by atomic mass is 32.2. The summed E-state index contributed by atoms with van der Waals surface area (Å²) in [6.45, 7) is 4.68. The molecule has 8 heteroatoms. The normalized spacial score (nSPS) is 21.4. The van der Waals surface area contributed by atoms with Crippen LogP contribution in [0.4, 0.5) is 11.4 Å². The summed E-state index contributed by atoms with van der Waals surface area (Å²) in [6.07, 6.45) is 2.51. The molecule has 1 atom stereocenters. The van der Waals surface area contributed by atoms with E-state index in [1.165, 1.54) is 11.3 Å². The van der Waals surface area contributed by atoms with Gasteiger partial charge in [-0.15, -0.1) is 4.40 Å². The van der Waals surface area contributed by atoms with Crippen molar-refractivity contribution in [3.63, 3.8) is 0 Å². The first-order valence-electron chi connectivity index (χ1n) is 10.4. The van der Waals surface area contributed by atoms with Crippen LogP contribution in [0.3, 0.4) is 0 Å². The lowest BCUT2D eigenvalue weighted by atomic mass is 10.1. The van der Waals surface area contributed by atoms with Gasteiger partial charge in [0.25, 0.3) is 10.0 Å². The fourth-order valence-electron chi connectivity index (χ4n) is 4.67. The third-order valence-electron chi connectivity index (χ3n) is 6.17. The Labute approximate surface area is 176 Å². The molecule has 3 heterocycles. The minimum absolute atomic E-state index is 0.127. The summed E-state index contributed by atoms with van der Waals surface area (Å²) in [4.78, 5) is 17.5. The number of sulfonamides is 1. The van der Waals surface area contributed by atoms with E-state index in [1.54, 1.807) is 24.3 Å². The van der Waals surface area contributed by atoms with Crippen LogP contribution in [0.2, 0.25) is 0 Å². The second-order valence-electron chi connectivity index (χ2n) is 7.90. The van der Waals surface area contributed by atoms with Gasteiger partial charge in [0.2, 0.25) is 5.91 Å². The molecule has 2 aromatic carbocycles. The molecule has 156 valence electrons. The summed E-state index contributed by atoms with van der Waals surface area (Å²) >= 11 is 0. The number of amides is 1. The monoisotopic (exact) mass is 424 g/mol. The quantitative estimate of drug-likeness (QED) is 0.819. The summed E-state index contributed by atoms with van der Waals surface area (Å²) in [5.74, 6) is 0.257. The average Bonchev–Trinajstić information content (AvgIpc) is 3.44. The van der Waals surface area contributed by atoms with Gasteiger partial charge in [-0.2, -0.15) is 8.42 Å². The first-order chi connectivity index (χ1) is 14.5. The number of rotatable bonds is 3. The molecule has 3 aliphatic rings. The highest BCUT2D eigenvalue weighted by Gasteiger charge is 2.39. The molecule has 30 heavy (non-hydrogen) atoms. The molecule has 0 unspecified atom stereocenters. The van der Waals surface area contributed by atoms with Crippen LogP contribution in [0, 0.1) is 0 Å². The van der Waals surface area contributed by atoms with E-state index in [1.807, 2.05) is 17.0 Å². The number of hydrogen-bond acceptors (Lipinski definition) is 5. The molecular weight excluding hydrogens is 400 g/mol. The topological polar surface area (TPSA) is 82.1 Å². The molecule has 0 saturated carbocycles. The smallest absolute Gasteiger partial charge is 0.285 e. The molecule has 1 amide bonds. The maximum absolute atomic E-state index is 13.1. The molecule has 5 rings (SSSR count). The molecule has 0 aromatic heterocycles. The van der Waals surface area contributed by atoms with E-state index in [9.17, 15) is 13.2 Å². The number of fused-ring (bicyclic) bond motifs is 2. The Bertz CT molecular complexity index is 1160. The number of nitrogens with zero attached hydrogens (tertiary/aromatic N) is 3. The summed E-state index contributed by atoms with van der Waals surface area (Å²) in [6, 6.07) is 12.4. The van der Waals surface area contributed by atoms with E-state index in [2.05, 4.69) is 27.6 Å². The molecule has 0 radical (unpaired) electrons. The van der Waals surface area contributed by atoms with Crippen molar-refractivity contribution in [2.45, 2.75) is 37.1 Å². The third-order valence-corrected chi connectivity index (χ3v) is 7.49. The van der Waals surface area contributed by atoms with Crippen molar-refractivity contribution in [3.05, 3.63) is 53.6 Å². The van der Waals surface area contributed by atoms with Gasteiger partial charge in [0.1, 0.15) is 10.9 Å². The van der Waals surface area contributed by atoms with E-state index in [0.717, 1.165) is 31.6 Å². The Hall–Kier alpha value is -2.87. The number of anilines is 2. The van der Waals surface area contributed by atoms with Crippen LogP contribution in [0.25, 0.3) is 0 Å². The van der Waals surface area contributed by atoms with Crippen molar-refractivity contribution < 1.29 is 13.2 Å². The minimum atomic E-state index is -3.71. The average molecular weight is 425 g/mol. The molecule has 1 fully saturated rings. The molecule has 1 N–H and O–H groups in total. The van der Waals surface area contributed by atoms with Crippen LogP contribution in [0.15, 0.2) is 51.8 Å². The van der Waals surface area contributed by atoms with Gasteiger partial charge < -0.3 is 15.1 Å². The number of likely N-dealkylation sites (N-methyl/N-ethyl adjacent to an activating group) is 1. The standard InChI is InChI=1S/C22H24N4O3S/c1-2-25-13-11-15-9-10-16(14-19(15)25)23-22(27)18-7-5-12-26(18)21-17-6-3-4-8-20(17)30(28,29)24-21/h3-4,6,8-10,14,18H,2,5,7,11-13H2,1H3,(H,23,27)/t18-/m0/s1. The highest BCUT2D eigenvalue weighted by Crippen LogP contribution is 2.33. The van der Waals surface area contributed by atoms with Crippen molar-refractivity contribution in [2.24, 2.45) is 4.40 Å². The number of amidine groups is 1. The molecule has 1 saturated heterocycles. The predicted octanol–water partition coefficient (Wildman–Crippen LogP) is 2.62. The van der Waals surface area contributed by atoms with Gasteiger partial charge in [-0.25, -0.2) is 0 Å². The zero-order valence-electron chi connectivity index (χ0n) is 16.8. The maximum Gasteiger partial charge on any atom is 0.285 e. The van der Waals surface area contributed by atoms with Gasteiger partial charge in [0.05, 0.1) is 0 Å². The second kappa shape index (κ2) is 7.12. The summed E-state index contributed by atoms with van der Waals surface area (Å²) in [5, 5.41) is 3.04. The zero-order chi connectivity index (χ0) is 20.9. The van der Waals surface area contributed by atoms with Gasteiger partial charge in [-0.05, 0) is 56.0 Å². The van der Waals surface area contributed by atoms with Crippen molar-refractivity contribution in [1.29, 1.82) is 0 Å². The Morgan fingerprint density at radius 2 is 2.03 bits per heavy atom. The number of carbonyl (C=O) groups excluding carboxylic acids is 1. The first kappa shape index (κ1) is 19.1. The Morgan fingerprint density at radius 3 is 2.87 bits per heavy atom. The fourth-order valence-corrected chi connectivity index (χ4v) is 5.88. The van der Waals surface area contributed by atoms with Gasteiger partial charge >= 0.3 is 0 Å². The van der Waals surface area contributed by atoms with Crippen LogP contribution in [0.1, 0.15) is 30.9 Å². The van der Waals surface area contributed by atoms with E-state index < -0.39 is 16.1 Å². The number of hydrogen-bond donors (Lipinski definition) is 1. The summed E-state index contributed by atoms with van der Waals surface area (Å²) in [5.41, 5.74) is 3.83. The predicted molar refractivity (Wildman–Crippen MR) is 117 cm³/mol. The third kappa shape index (κ3) is 3.06. The number of carbonyl (C=O) groups is 1. The number of likely N-dealkylation sites (tertiary alicyclic amines) is 1. The van der Waals surface area contributed by atoms with Gasteiger partial charge in [0, 0.05) is 36.6 Å². The van der Waals surface area contributed by atoms with Gasteiger partial charge in [-0.3, -0.25) is 4.79 Å². The Morgan fingerprint density at radius 1 is 1.20 bits per heavy atom. The minimum Gasteiger partial charge on any atom is -0.371 e. The van der Waals surface area contributed by atoms with E-state index in [-0.39, 0.29) is 10.8 Å². The Balaban J connectivity index is 1.40. The summed E-state index contributed by atoms with van der Waals surface area (Å²) in [7, 11) is -3.71. The molecule has 3 aliphatic heterocycles. The molecule has 7 nitrogen and oxygen atoms in total. The fraction of sp³-hybridized carbons (Fsp3) is 0.364. The van der Waals surface area contributed by atoms with E-state index >= 15 is 0 Å². The van der Waals surface area contributed by atoms with Crippen LogP contribution in [-0.2, 0) is 21.2 Å². The number of benzene rings is 2. The highest BCUT2D eigenvalue weighted by molar-refractivity contribution is 7.90. The maximum atomic E-state index is 13.1. The molecule has 0 spiro atoms. The molecule has 0 bridgehead atoms. The van der Waals surface area contributed by atoms with Crippen LogP contribution < -0.4 is 10.2 Å². The largest absolute Gasteiger partial charge is 0.371 e. The number of nitrogens with one attached hydrogen (secondary N) is 1. The van der Waals surface area contributed by atoms with Crippen molar-refractivity contribution in [2.75, 3.05) is 29.9 Å². The van der Waals surface area contributed by atoms with E-state index in [4.69, 9.17) is 0 Å². The lowest BCUT2D eigenvalue weighted by molar-refractivity contribution is -0.119. The lowest BCUT2D eigenvalue weighted by Crippen LogP contribution is -2.43. The Kier molecular flexibility index (Phi) is 4.54. The first-order valence-corrected chi connectivity index (χ1v) is 11.8. The van der Waals surface area contributed by atoms with Crippen LogP contribution >= 0.6 is 0 Å². The molecular formula is C22H24N4O3S. The van der Waals surface area contributed by atoms with Crippen LogP contribution in [-0.4, -0.2) is 50.7 Å². The lowest BCUT2D eigenvalue weighted by Gasteiger charge is -2.26. The molecule has 2 aromatic rings.